The van der Waals surface area contributed by atoms with Crippen LogP contribution in [0, 0.1) is 5.82 Å². The van der Waals surface area contributed by atoms with Crippen LogP contribution >= 0.6 is 0 Å². The van der Waals surface area contributed by atoms with E-state index in [1.165, 1.54) is 31.4 Å². The Morgan fingerprint density at radius 2 is 1.82 bits per heavy atom. The van der Waals surface area contributed by atoms with Crippen LogP contribution in [0.15, 0.2) is 24.3 Å². The predicted molar refractivity (Wildman–Crippen MR) is 80.1 cm³/mol. The molecular formula is C15H21FN2O4. The summed E-state index contributed by atoms with van der Waals surface area (Å²) in [6, 6.07) is 4.68. The highest BCUT2D eigenvalue weighted by Gasteiger charge is 2.22. The molecule has 0 unspecified atom stereocenters. The van der Waals surface area contributed by atoms with E-state index in [2.05, 4.69) is 15.4 Å². The number of halogens is 1. The van der Waals surface area contributed by atoms with Crippen LogP contribution in [-0.4, -0.2) is 37.4 Å². The van der Waals surface area contributed by atoms with Crippen LogP contribution in [0.4, 0.5) is 14.9 Å². The van der Waals surface area contributed by atoms with Crippen molar-refractivity contribution in [1.82, 2.24) is 5.32 Å². The summed E-state index contributed by atoms with van der Waals surface area (Å²) in [6.07, 6.45) is -0.637. The molecule has 1 aromatic rings. The molecule has 122 valence electrons. The maximum absolute atomic E-state index is 12.9. The Morgan fingerprint density at radius 1 is 1.23 bits per heavy atom. The maximum atomic E-state index is 12.9. The zero-order valence-electron chi connectivity index (χ0n) is 13.1. The van der Waals surface area contributed by atoms with Crippen LogP contribution in [0.1, 0.15) is 20.8 Å². The standard InChI is InChI=1S/C15H21FN2O4/c1-15(2,3)22-14(20)17-9-12(13(19)21-4)18-11-7-5-10(16)6-8-11/h5-8,12,18H,9H2,1-4H3,(H,17,20)/t12-/m0/s1. The van der Waals surface area contributed by atoms with Gasteiger partial charge in [-0.25, -0.2) is 14.0 Å². The molecule has 1 atom stereocenters. The fourth-order valence-electron chi connectivity index (χ4n) is 1.58. The van der Waals surface area contributed by atoms with Crippen LogP contribution in [-0.2, 0) is 14.3 Å². The lowest BCUT2D eigenvalue weighted by molar-refractivity contribution is -0.141. The highest BCUT2D eigenvalue weighted by Crippen LogP contribution is 2.11. The average Bonchev–Trinajstić information content (AvgIpc) is 2.42. The first-order valence-corrected chi connectivity index (χ1v) is 6.78. The molecule has 0 heterocycles. The minimum absolute atomic E-state index is 0.0288. The molecule has 0 saturated heterocycles. The molecule has 0 saturated carbocycles. The molecule has 1 amide bonds. The van der Waals surface area contributed by atoms with Crippen LogP contribution < -0.4 is 10.6 Å². The first-order valence-electron chi connectivity index (χ1n) is 6.78. The van der Waals surface area contributed by atoms with Crippen LogP contribution in [0.5, 0.6) is 0 Å². The molecule has 22 heavy (non-hydrogen) atoms. The van der Waals surface area contributed by atoms with Gasteiger partial charge in [0, 0.05) is 5.69 Å². The monoisotopic (exact) mass is 312 g/mol. The van der Waals surface area contributed by atoms with Crippen molar-refractivity contribution in [3.05, 3.63) is 30.1 Å². The van der Waals surface area contributed by atoms with Gasteiger partial charge in [-0.2, -0.15) is 0 Å². The van der Waals surface area contributed by atoms with E-state index in [0.717, 1.165) is 0 Å². The first kappa shape index (κ1) is 17.7. The smallest absolute Gasteiger partial charge is 0.407 e. The normalized spacial score (nSPS) is 12.2. The second kappa shape index (κ2) is 7.63. The number of carbonyl (C=O) groups is 2. The van der Waals surface area contributed by atoms with Crippen molar-refractivity contribution in [2.75, 3.05) is 19.0 Å². The van der Waals surface area contributed by atoms with Gasteiger partial charge in [0.05, 0.1) is 13.7 Å². The van der Waals surface area contributed by atoms with Gasteiger partial charge in [0.2, 0.25) is 0 Å². The number of rotatable bonds is 5. The molecule has 0 aliphatic rings. The summed E-state index contributed by atoms with van der Waals surface area (Å²) in [6.45, 7) is 5.18. The Kier molecular flexibility index (Phi) is 6.15. The third-order valence-electron chi connectivity index (χ3n) is 2.52. The minimum Gasteiger partial charge on any atom is -0.467 e. The fourth-order valence-corrected chi connectivity index (χ4v) is 1.58. The highest BCUT2D eigenvalue weighted by molar-refractivity contribution is 5.80. The van der Waals surface area contributed by atoms with E-state index < -0.39 is 23.7 Å². The van der Waals surface area contributed by atoms with Gasteiger partial charge in [-0.1, -0.05) is 0 Å². The Hall–Kier alpha value is -2.31. The summed E-state index contributed by atoms with van der Waals surface area (Å²) < 4.78 is 22.6. The number of hydrogen-bond acceptors (Lipinski definition) is 5. The maximum Gasteiger partial charge on any atom is 0.407 e. The van der Waals surface area contributed by atoms with E-state index >= 15 is 0 Å². The summed E-state index contributed by atoms with van der Waals surface area (Å²) in [5.74, 6) is -0.938. The molecule has 0 aliphatic carbocycles. The van der Waals surface area contributed by atoms with Crippen molar-refractivity contribution in [3.8, 4) is 0 Å². The van der Waals surface area contributed by atoms with Crippen molar-refractivity contribution < 1.29 is 23.5 Å². The van der Waals surface area contributed by atoms with Gasteiger partial charge in [0.15, 0.2) is 0 Å². The quantitative estimate of drug-likeness (QED) is 0.816. The van der Waals surface area contributed by atoms with Crippen LogP contribution in [0.3, 0.4) is 0 Å². The van der Waals surface area contributed by atoms with E-state index in [4.69, 9.17) is 4.74 Å². The van der Waals surface area contributed by atoms with Gasteiger partial charge < -0.3 is 20.1 Å². The Morgan fingerprint density at radius 3 is 2.32 bits per heavy atom. The molecule has 0 bridgehead atoms. The van der Waals surface area contributed by atoms with E-state index in [1.54, 1.807) is 20.8 Å². The molecule has 0 spiro atoms. The van der Waals surface area contributed by atoms with Gasteiger partial charge >= 0.3 is 12.1 Å². The third-order valence-corrected chi connectivity index (χ3v) is 2.52. The van der Waals surface area contributed by atoms with E-state index in [9.17, 15) is 14.0 Å². The summed E-state index contributed by atoms with van der Waals surface area (Å²) >= 11 is 0. The van der Waals surface area contributed by atoms with Crippen LogP contribution in [0.2, 0.25) is 0 Å². The molecule has 1 aromatic carbocycles. The van der Waals surface area contributed by atoms with Crippen LogP contribution in [0.25, 0.3) is 0 Å². The Bertz CT molecular complexity index is 511. The van der Waals surface area contributed by atoms with Crippen molar-refractivity contribution in [2.24, 2.45) is 0 Å². The number of alkyl carbamates (subject to hydrolysis) is 1. The van der Waals surface area contributed by atoms with Gasteiger partial charge in [0.25, 0.3) is 0 Å². The Labute approximate surface area is 129 Å². The molecule has 1 rings (SSSR count). The molecule has 0 aliphatic heterocycles. The molecule has 2 N–H and O–H groups in total. The van der Waals surface area contributed by atoms with Crippen molar-refractivity contribution in [3.63, 3.8) is 0 Å². The van der Waals surface area contributed by atoms with Crippen molar-refractivity contribution in [2.45, 2.75) is 32.4 Å². The number of amides is 1. The first-order chi connectivity index (χ1) is 10.2. The average molecular weight is 312 g/mol. The number of benzene rings is 1. The number of anilines is 1. The van der Waals surface area contributed by atoms with Gasteiger partial charge in [0.1, 0.15) is 17.5 Å². The molecule has 0 fully saturated rings. The number of hydrogen-bond donors (Lipinski definition) is 2. The van der Waals surface area contributed by atoms with E-state index in [1.807, 2.05) is 0 Å². The lowest BCUT2D eigenvalue weighted by Gasteiger charge is -2.22. The number of ether oxygens (including phenoxy) is 2. The summed E-state index contributed by atoms with van der Waals surface area (Å²) in [5, 5.41) is 5.35. The second-order valence-electron chi connectivity index (χ2n) is 5.61. The van der Waals surface area contributed by atoms with Gasteiger partial charge in [-0.3, -0.25) is 0 Å². The van der Waals surface area contributed by atoms with Crippen molar-refractivity contribution >= 4 is 17.7 Å². The summed E-state index contributed by atoms with van der Waals surface area (Å²) in [5.41, 5.74) is -0.0994. The number of methoxy groups -OCH3 is 1. The third kappa shape index (κ3) is 6.43. The number of carbonyl (C=O) groups excluding carboxylic acids is 2. The largest absolute Gasteiger partial charge is 0.467 e. The molecule has 6 nitrogen and oxygen atoms in total. The molecule has 0 aromatic heterocycles. The summed E-state index contributed by atoms with van der Waals surface area (Å²) in [4.78, 5) is 23.3. The van der Waals surface area contributed by atoms with Gasteiger partial charge in [-0.05, 0) is 45.0 Å². The lowest BCUT2D eigenvalue weighted by atomic mass is 10.2. The predicted octanol–water partition coefficient (Wildman–Crippen LogP) is 2.30. The number of nitrogens with one attached hydrogen (secondary N) is 2. The molecule has 7 heteroatoms. The zero-order valence-corrected chi connectivity index (χ0v) is 13.1. The lowest BCUT2D eigenvalue weighted by Crippen LogP contribution is -2.43. The van der Waals surface area contributed by atoms with E-state index in [0.29, 0.717) is 5.69 Å². The minimum atomic E-state index is -0.817. The van der Waals surface area contributed by atoms with Gasteiger partial charge in [-0.15, -0.1) is 0 Å². The zero-order chi connectivity index (χ0) is 16.8. The number of esters is 1. The second-order valence-corrected chi connectivity index (χ2v) is 5.61. The fraction of sp³-hybridized carbons (Fsp3) is 0.467. The SMILES string of the molecule is COC(=O)[C@H](CNC(=O)OC(C)(C)C)Nc1ccc(F)cc1. The van der Waals surface area contributed by atoms with Crippen molar-refractivity contribution in [1.29, 1.82) is 0 Å². The Balaban J connectivity index is 2.63. The highest BCUT2D eigenvalue weighted by atomic mass is 19.1. The topological polar surface area (TPSA) is 76.7 Å². The van der Waals surface area contributed by atoms with E-state index in [-0.39, 0.29) is 12.4 Å². The molecule has 0 radical (unpaired) electrons. The molecular weight excluding hydrogens is 291 g/mol. The summed E-state index contributed by atoms with van der Waals surface area (Å²) in [7, 11) is 1.25.